The van der Waals surface area contributed by atoms with E-state index in [2.05, 4.69) is 5.32 Å². The number of benzene rings is 1. The maximum atomic E-state index is 12.8. The fourth-order valence-corrected chi connectivity index (χ4v) is 1.94. The molecule has 1 aromatic rings. The van der Waals surface area contributed by atoms with Gasteiger partial charge in [-0.2, -0.15) is 13.2 Å². The van der Waals surface area contributed by atoms with Crippen molar-refractivity contribution in [3.63, 3.8) is 0 Å². The van der Waals surface area contributed by atoms with E-state index in [-0.39, 0.29) is 13.1 Å². The van der Waals surface area contributed by atoms with Crippen molar-refractivity contribution >= 4 is 5.69 Å². The maximum Gasteiger partial charge on any atom is 0.409 e. The van der Waals surface area contributed by atoms with Crippen LogP contribution in [-0.4, -0.2) is 31.9 Å². The first-order chi connectivity index (χ1) is 7.98. The molecule has 1 saturated heterocycles. The molecule has 2 nitrogen and oxygen atoms in total. The smallest absolute Gasteiger partial charge is 0.357 e. The van der Waals surface area contributed by atoms with Gasteiger partial charge in [-0.05, 0) is 24.3 Å². The van der Waals surface area contributed by atoms with Gasteiger partial charge in [-0.25, -0.2) is 4.39 Å². The van der Waals surface area contributed by atoms with Crippen LogP contribution in [0.1, 0.15) is 0 Å². The van der Waals surface area contributed by atoms with Gasteiger partial charge in [-0.3, -0.25) is 0 Å². The largest absolute Gasteiger partial charge is 0.409 e. The Morgan fingerprint density at radius 2 is 1.82 bits per heavy atom. The van der Waals surface area contributed by atoms with E-state index in [9.17, 15) is 17.6 Å². The summed E-state index contributed by atoms with van der Waals surface area (Å²) in [6.07, 6.45) is -4.29. The number of nitrogens with one attached hydrogen (secondary N) is 1. The molecule has 1 fully saturated rings. The van der Waals surface area contributed by atoms with Gasteiger partial charge in [0.15, 0.2) is 0 Å². The van der Waals surface area contributed by atoms with Gasteiger partial charge in [-0.1, -0.05) is 0 Å². The summed E-state index contributed by atoms with van der Waals surface area (Å²) in [5.41, 5.74) is 0.398. The summed E-state index contributed by atoms with van der Waals surface area (Å²) in [6, 6.07) is 3.54. The molecule has 1 aliphatic heterocycles. The zero-order valence-corrected chi connectivity index (χ0v) is 8.97. The summed E-state index contributed by atoms with van der Waals surface area (Å²) >= 11 is 0. The van der Waals surface area contributed by atoms with Gasteiger partial charge in [0.1, 0.15) is 11.9 Å². The second kappa shape index (κ2) is 4.52. The lowest BCUT2D eigenvalue weighted by atomic mass is 10.1. The van der Waals surface area contributed by atoms with Gasteiger partial charge in [0, 0.05) is 25.3 Å². The molecule has 1 atom stereocenters. The van der Waals surface area contributed by atoms with Crippen molar-refractivity contribution in [2.45, 2.75) is 12.2 Å². The predicted molar refractivity (Wildman–Crippen MR) is 56.5 cm³/mol. The Bertz CT molecular complexity index is 374. The second-order valence-corrected chi connectivity index (χ2v) is 3.93. The van der Waals surface area contributed by atoms with Crippen molar-refractivity contribution in [1.82, 2.24) is 5.32 Å². The number of hydrogen-bond donors (Lipinski definition) is 1. The normalized spacial score (nSPS) is 21.6. The topological polar surface area (TPSA) is 15.3 Å². The van der Waals surface area contributed by atoms with Gasteiger partial charge in [0.2, 0.25) is 0 Å². The van der Waals surface area contributed by atoms with E-state index in [1.807, 2.05) is 0 Å². The van der Waals surface area contributed by atoms with Gasteiger partial charge in [0.25, 0.3) is 0 Å². The van der Waals surface area contributed by atoms with Crippen LogP contribution in [0.3, 0.4) is 0 Å². The predicted octanol–water partition coefficient (Wildman–Crippen LogP) is 2.17. The Balaban J connectivity index is 2.25. The number of rotatable bonds is 1. The molecule has 0 amide bonds. The average molecular weight is 248 g/mol. The molecule has 0 aromatic heterocycles. The number of hydrogen-bond acceptors (Lipinski definition) is 2. The molecule has 2 rings (SSSR count). The van der Waals surface area contributed by atoms with Crippen LogP contribution in [-0.2, 0) is 0 Å². The number of halogens is 4. The van der Waals surface area contributed by atoms with Crippen molar-refractivity contribution in [2.24, 2.45) is 0 Å². The number of nitrogens with zero attached hydrogens (tertiary/aromatic N) is 1. The summed E-state index contributed by atoms with van der Waals surface area (Å²) < 4.78 is 51.1. The Morgan fingerprint density at radius 1 is 1.18 bits per heavy atom. The SMILES string of the molecule is Fc1ccc(N2CCNCC2C(F)(F)F)cc1. The third kappa shape index (κ3) is 2.69. The van der Waals surface area contributed by atoms with Crippen molar-refractivity contribution in [3.05, 3.63) is 30.1 Å². The third-order valence-electron chi connectivity index (χ3n) is 2.78. The van der Waals surface area contributed by atoms with Crippen LogP contribution in [0.5, 0.6) is 0 Å². The lowest BCUT2D eigenvalue weighted by Crippen LogP contribution is -2.58. The molecule has 0 aliphatic carbocycles. The zero-order valence-electron chi connectivity index (χ0n) is 8.97. The van der Waals surface area contributed by atoms with E-state index in [1.165, 1.54) is 29.2 Å². The summed E-state index contributed by atoms with van der Waals surface area (Å²) in [6.45, 7) is 0.612. The molecule has 1 heterocycles. The molecular weight excluding hydrogens is 236 g/mol. The summed E-state index contributed by atoms with van der Waals surface area (Å²) in [7, 11) is 0. The molecule has 1 aromatic carbocycles. The molecule has 1 unspecified atom stereocenters. The molecule has 0 saturated carbocycles. The highest BCUT2D eigenvalue weighted by molar-refractivity contribution is 5.48. The minimum atomic E-state index is -4.29. The number of alkyl halides is 3. The van der Waals surface area contributed by atoms with Crippen LogP contribution in [0.2, 0.25) is 0 Å². The lowest BCUT2D eigenvalue weighted by molar-refractivity contribution is -0.149. The van der Waals surface area contributed by atoms with Crippen LogP contribution < -0.4 is 10.2 Å². The van der Waals surface area contributed by atoms with Crippen LogP contribution >= 0.6 is 0 Å². The summed E-state index contributed by atoms with van der Waals surface area (Å²) in [4.78, 5) is 1.26. The van der Waals surface area contributed by atoms with Crippen LogP contribution in [0.15, 0.2) is 24.3 Å². The number of piperazine rings is 1. The molecule has 0 spiro atoms. The minimum absolute atomic E-state index is 0.138. The minimum Gasteiger partial charge on any atom is -0.357 e. The van der Waals surface area contributed by atoms with E-state index in [0.29, 0.717) is 12.2 Å². The summed E-state index contributed by atoms with van der Waals surface area (Å²) in [5.74, 6) is -0.451. The van der Waals surface area contributed by atoms with E-state index in [4.69, 9.17) is 0 Å². The standard InChI is InChI=1S/C11H12F4N2/c12-8-1-3-9(4-2-8)17-6-5-16-7-10(17)11(13,14)15/h1-4,10,16H,5-7H2. The van der Waals surface area contributed by atoms with Crippen molar-refractivity contribution in [3.8, 4) is 0 Å². The van der Waals surface area contributed by atoms with Crippen LogP contribution in [0, 0.1) is 5.82 Å². The Labute approximate surface area is 96.2 Å². The molecule has 94 valence electrons. The first-order valence-electron chi connectivity index (χ1n) is 5.28. The Kier molecular flexibility index (Phi) is 3.24. The first kappa shape index (κ1) is 12.2. The van der Waals surface area contributed by atoms with Gasteiger partial charge < -0.3 is 10.2 Å². The van der Waals surface area contributed by atoms with Crippen molar-refractivity contribution in [2.75, 3.05) is 24.5 Å². The molecule has 0 bridgehead atoms. The maximum absolute atomic E-state index is 12.8. The molecule has 6 heteroatoms. The monoisotopic (exact) mass is 248 g/mol. The van der Waals surface area contributed by atoms with E-state index in [1.54, 1.807) is 0 Å². The van der Waals surface area contributed by atoms with E-state index in [0.717, 1.165) is 0 Å². The highest BCUT2D eigenvalue weighted by Crippen LogP contribution is 2.29. The van der Waals surface area contributed by atoms with Gasteiger partial charge >= 0.3 is 6.18 Å². The van der Waals surface area contributed by atoms with Crippen molar-refractivity contribution in [1.29, 1.82) is 0 Å². The Morgan fingerprint density at radius 3 is 2.41 bits per heavy atom. The quantitative estimate of drug-likeness (QED) is 0.766. The van der Waals surface area contributed by atoms with E-state index < -0.39 is 18.0 Å². The zero-order chi connectivity index (χ0) is 12.5. The highest BCUT2D eigenvalue weighted by atomic mass is 19.4. The molecule has 17 heavy (non-hydrogen) atoms. The molecular formula is C11H12F4N2. The highest BCUT2D eigenvalue weighted by Gasteiger charge is 2.44. The molecule has 1 N–H and O–H groups in total. The first-order valence-corrected chi connectivity index (χ1v) is 5.28. The van der Waals surface area contributed by atoms with Crippen molar-refractivity contribution < 1.29 is 17.6 Å². The Hall–Kier alpha value is -1.30. The average Bonchev–Trinajstić information content (AvgIpc) is 2.29. The third-order valence-corrected chi connectivity index (χ3v) is 2.78. The van der Waals surface area contributed by atoms with E-state index >= 15 is 0 Å². The van der Waals surface area contributed by atoms with Crippen LogP contribution in [0.25, 0.3) is 0 Å². The van der Waals surface area contributed by atoms with Gasteiger partial charge in [-0.15, -0.1) is 0 Å². The lowest BCUT2D eigenvalue weighted by Gasteiger charge is -2.38. The fourth-order valence-electron chi connectivity index (χ4n) is 1.94. The second-order valence-electron chi connectivity index (χ2n) is 3.93. The summed E-state index contributed by atoms with van der Waals surface area (Å²) in [5, 5.41) is 2.72. The van der Waals surface area contributed by atoms with Crippen LogP contribution in [0.4, 0.5) is 23.2 Å². The molecule has 1 aliphatic rings. The molecule has 0 radical (unpaired) electrons. The number of anilines is 1. The van der Waals surface area contributed by atoms with Gasteiger partial charge in [0.05, 0.1) is 0 Å². The fraction of sp³-hybridized carbons (Fsp3) is 0.455.